The lowest BCUT2D eigenvalue weighted by Crippen LogP contribution is -2.34. The number of amides is 1. The number of hydrogen-bond donors (Lipinski definition) is 2. The molecule has 0 aliphatic heterocycles. The molecule has 0 fully saturated rings. The summed E-state index contributed by atoms with van der Waals surface area (Å²) in [5.74, 6) is -0.374. The van der Waals surface area contributed by atoms with Gasteiger partial charge in [0, 0.05) is 30.4 Å². The van der Waals surface area contributed by atoms with Crippen LogP contribution in [0.15, 0.2) is 53.4 Å². The minimum absolute atomic E-state index is 0.100. The minimum atomic E-state index is -3.49. The molecular weight excluding hydrogens is 382 g/mol. The number of thiocarbonyl (C=S) groups is 1. The summed E-state index contributed by atoms with van der Waals surface area (Å²) in [5.41, 5.74) is 0.972. The standard InChI is InChI=1S/C16H16ClN3O3S2/c1-20(2)25(22,23)14-9-7-13(8-10-14)18-16(24)19-15(21)11-3-5-12(17)6-4-11/h3-10H,1-2H3,(H2,18,19,21,24). The maximum Gasteiger partial charge on any atom is 0.257 e. The molecule has 0 atom stereocenters. The van der Waals surface area contributed by atoms with E-state index in [2.05, 4.69) is 10.6 Å². The first-order valence-electron chi connectivity index (χ1n) is 7.10. The van der Waals surface area contributed by atoms with Crippen molar-refractivity contribution in [2.75, 3.05) is 19.4 Å². The quantitative estimate of drug-likeness (QED) is 0.775. The maximum absolute atomic E-state index is 12.1. The second kappa shape index (κ2) is 7.92. The highest BCUT2D eigenvalue weighted by molar-refractivity contribution is 7.89. The number of halogens is 1. The van der Waals surface area contributed by atoms with E-state index in [0.717, 1.165) is 4.31 Å². The second-order valence-corrected chi connectivity index (χ2v) is 8.22. The molecule has 0 spiro atoms. The molecule has 0 saturated heterocycles. The fourth-order valence-electron chi connectivity index (χ4n) is 1.86. The molecule has 9 heteroatoms. The normalized spacial score (nSPS) is 11.2. The predicted molar refractivity (Wildman–Crippen MR) is 102 cm³/mol. The highest BCUT2D eigenvalue weighted by Crippen LogP contribution is 2.16. The van der Waals surface area contributed by atoms with E-state index in [1.54, 1.807) is 36.4 Å². The molecule has 0 heterocycles. The van der Waals surface area contributed by atoms with Crippen molar-refractivity contribution in [2.24, 2.45) is 0 Å². The molecule has 0 saturated carbocycles. The lowest BCUT2D eigenvalue weighted by atomic mass is 10.2. The molecular formula is C16H16ClN3O3S2. The highest BCUT2D eigenvalue weighted by atomic mass is 35.5. The number of nitrogens with one attached hydrogen (secondary N) is 2. The Hall–Kier alpha value is -2.00. The SMILES string of the molecule is CN(C)S(=O)(=O)c1ccc(NC(=S)NC(=O)c2ccc(Cl)cc2)cc1. The Morgan fingerprint density at radius 1 is 1.04 bits per heavy atom. The molecule has 2 aromatic carbocycles. The predicted octanol–water partition coefficient (Wildman–Crippen LogP) is 2.72. The van der Waals surface area contributed by atoms with Gasteiger partial charge in [0.25, 0.3) is 5.91 Å². The van der Waals surface area contributed by atoms with E-state index in [1.807, 2.05) is 0 Å². The molecule has 132 valence electrons. The van der Waals surface area contributed by atoms with Crippen LogP contribution in [0.5, 0.6) is 0 Å². The van der Waals surface area contributed by atoms with Crippen LogP contribution in [-0.4, -0.2) is 37.8 Å². The zero-order chi connectivity index (χ0) is 18.6. The van der Waals surface area contributed by atoms with Crippen LogP contribution in [0.1, 0.15) is 10.4 Å². The van der Waals surface area contributed by atoms with E-state index in [-0.39, 0.29) is 15.9 Å². The molecule has 0 aliphatic rings. The van der Waals surface area contributed by atoms with Crippen molar-refractivity contribution in [3.05, 3.63) is 59.1 Å². The molecule has 0 aromatic heterocycles. The van der Waals surface area contributed by atoms with Crippen LogP contribution in [0.2, 0.25) is 5.02 Å². The van der Waals surface area contributed by atoms with Gasteiger partial charge in [0.1, 0.15) is 0 Å². The summed E-state index contributed by atoms with van der Waals surface area (Å²) >= 11 is 10.9. The number of rotatable bonds is 4. The van der Waals surface area contributed by atoms with E-state index >= 15 is 0 Å². The topological polar surface area (TPSA) is 78.5 Å². The minimum Gasteiger partial charge on any atom is -0.332 e. The smallest absolute Gasteiger partial charge is 0.257 e. The van der Waals surface area contributed by atoms with Crippen molar-refractivity contribution in [2.45, 2.75) is 4.90 Å². The van der Waals surface area contributed by atoms with Crippen LogP contribution < -0.4 is 10.6 Å². The maximum atomic E-state index is 12.1. The first-order valence-corrected chi connectivity index (χ1v) is 9.33. The Balaban J connectivity index is 2.01. The summed E-state index contributed by atoms with van der Waals surface area (Å²) in [7, 11) is -0.566. The number of carbonyl (C=O) groups excluding carboxylic acids is 1. The number of benzene rings is 2. The molecule has 0 aliphatic carbocycles. The van der Waals surface area contributed by atoms with Crippen LogP contribution in [-0.2, 0) is 10.0 Å². The average Bonchev–Trinajstić information content (AvgIpc) is 2.55. The Kier molecular flexibility index (Phi) is 6.12. The van der Waals surface area contributed by atoms with Crippen LogP contribution >= 0.6 is 23.8 Å². The van der Waals surface area contributed by atoms with E-state index in [4.69, 9.17) is 23.8 Å². The third-order valence-electron chi connectivity index (χ3n) is 3.22. The number of carbonyl (C=O) groups is 1. The van der Waals surface area contributed by atoms with E-state index in [0.29, 0.717) is 16.3 Å². The van der Waals surface area contributed by atoms with Crippen molar-refractivity contribution in [3.63, 3.8) is 0 Å². The molecule has 0 radical (unpaired) electrons. The Morgan fingerprint density at radius 2 is 1.60 bits per heavy atom. The van der Waals surface area contributed by atoms with Gasteiger partial charge >= 0.3 is 0 Å². The molecule has 2 aromatic rings. The molecule has 2 rings (SSSR count). The summed E-state index contributed by atoms with van der Waals surface area (Å²) in [6, 6.07) is 12.4. The van der Waals surface area contributed by atoms with Gasteiger partial charge < -0.3 is 5.32 Å². The lowest BCUT2D eigenvalue weighted by Gasteiger charge is -2.13. The Morgan fingerprint density at radius 3 is 2.12 bits per heavy atom. The monoisotopic (exact) mass is 397 g/mol. The van der Waals surface area contributed by atoms with Crippen molar-refractivity contribution >= 4 is 50.5 Å². The first-order chi connectivity index (χ1) is 11.7. The molecule has 2 N–H and O–H groups in total. The van der Waals surface area contributed by atoms with Gasteiger partial charge in [-0.05, 0) is 60.7 Å². The van der Waals surface area contributed by atoms with Crippen molar-refractivity contribution < 1.29 is 13.2 Å². The Bertz CT molecular complexity index is 880. The number of anilines is 1. The largest absolute Gasteiger partial charge is 0.332 e. The summed E-state index contributed by atoms with van der Waals surface area (Å²) in [6.45, 7) is 0. The third kappa shape index (κ3) is 4.99. The molecule has 0 bridgehead atoms. The summed E-state index contributed by atoms with van der Waals surface area (Å²) in [6.07, 6.45) is 0. The summed E-state index contributed by atoms with van der Waals surface area (Å²) in [4.78, 5) is 12.2. The average molecular weight is 398 g/mol. The fourth-order valence-corrected chi connectivity index (χ4v) is 3.10. The van der Waals surface area contributed by atoms with Gasteiger partial charge in [0.2, 0.25) is 10.0 Å². The van der Waals surface area contributed by atoms with Gasteiger partial charge in [-0.1, -0.05) is 11.6 Å². The highest BCUT2D eigenvalue weighted by Gasteiger charge is 2.16. The van der Waals surface area contributed by atoms with Gasteiger partial charge in [-0.15, -0.1) is 0 Å². The van der Waals surface area contributed by atoms with Gasteiger partial charge in [-0.2, -0.15) is 0 Å². The van der Waals surface area contributed by atoms with Crippen LogP contribution in [0.25, 0.3) is 0 Å². The lowest BCUT2D eigenvalue weighted by molar-refractivity contribution is 0.0977. The summed E-state index contributed by atoms with van der Waals surface area (Å²) in [5, 5.41) is 6.00. The summed E-state index contributed by atoms with van der Waals surface area (Å²) < 4.78 is 25.1. The molecule has 25 heavy (non-hydrogen) atoms. The van der Waals surface area contributed by atoms with E-state index in [1.165, 1.54) is 26.2 Å². The van der Waals surface area contributed by atoms with Crippen LogP contribution in [0.3, 0.4) is 0 Å². The van der Waals surface area contributed by atoms with E-state index in [9.17, 15) is 13.2 Å². The second-order valence-electron chi connectivity index (χ2n) is 5.23. The van der Waals surface area contributed by atoms with Crippen molar-refractivity contribution in [3.8, 4) is 0 Å². The van der Waals surface area contributed by atoms with Crippen LogP contribution in [0, 0.1) is 0 Å². The van der Waals surface area contributed by atoms with Gasteiger partial charge in [0.15, 0.2) is 5.11 Å². The fraction of sp³-hybridized carbons (Fsp3) is 0.125. The van der Waals surface area contributed by atoms with Crippen LogP contribution in [0.4, 0.5) is 5.69 Å². The zero-order valence-corrected chi connectivity index (χ0v) is 15.9. The van der Waals surface area contributed by atoms with E-state index < -0.39 is 10.0 Å². The molecule has 1 amide bonds. The molecule has 6 nitrogen and oxygen atoms in total. The van der Waals surface area contributed by atoms with Crippen molar-refractivity contribution in [1.29, 1.82) is 0 Å². The number of sulfonamides is 1. The number of nitrogens with zero attached hydrogens (tertiary/aromatic N) is 1. The van der Waals surface area contributed by atoms with Crippen molar-refractivity contribution in [1.82, 2.24) is 9.62 Å². The van der Waals surface area contributed by atoms with Gasteiger partial charge in [0.05, 0.1) is 4.90 Å². The first kappa shape index (κ1) is 19.3. The molecule has 0 unspecified atom stereocenters. The number of hydrogen-bond acceptors (Lipinski definition) is 4. The third-order valence-corrected chi connectivity index (χ3v) is 5.51. The zero-order valence-electron chi connectivity index (χ0n) is 13.5. The van der Waals surface area contributed by atoms with Gasteiger partial charge in [-0.25, -0.2) is 12.7 Å². The van der Waals surface area contributed by atoms with Gasteiger partial charge in [-0.3, -0.25) is 10.1 Å². The Labute approximate surface area is 156 Å².